The smallest absolute Gasteiger partial charge is 0.367 e. The number of nitrogens with one attached hydrogen (secondary N) is 2. The van der Waals surface area contributed by atoms with Crippen LogP contribution in [0, 0.1) is 0 Å². The largest absolute Gasteiger partial charge is 0.411 e. The summed E-state index contributed by atoms with van der Waals surface area (Å²) in [5, 5.41) is 6.43. The second-order valence-corrected chi connectivity index (χ2v) is 7.36. The average Bonchev–Trinajstić information content (AvgIpc) is 3.16. The van der Waals surface area contributed by atoms with Crippen molar-refractivity contribution in [2.75, 3.05) is 27.2 Å². The molecule has 0 heterocycles. The predicted octanol–water partition coefficient (Wildman–Crippen LogP) is 2.83. The van der Waals surface area contributed by atoms with Crippen LogP contribution in [0.5, 0.6) is 0 Å². The van der Waals surface area contributed by atoms with Gasteiger partial charge in [-0.1, -0.05) is 37.1 Å². The van der Waals surface area contributed by atoms with E-state index in [2.05, 4.69) is 15.6 Å². The van der Waals surface area contributed by atoms with Gasteiger partial charge in [0, 0.05) is 20.1 Å². The number of hydrogen-bond donors (Lipinski definition) is 2. The minimum atomic E-state index is -4.33. The summed E-state index contributed by atoms with van der Waals surface area (Å²) in [6, 6.07) is 7.45. The number of nitrogens with zero attached hydrogens (tertiary/aromatic N) is 2. The van der Waals surface area contributed by atoms with Crippen LogP contribution in [0.15, 0.2) is 29.3 Å². The van der Waals surface area contributed by atoms with Gasteiger partial charge >= 0.3 is 6.18 Å². The van der Waals surface area contributed by atoms with Gasteiger partial charge in [0.1, 0.15) is 6.61 Å². The van der Waals surface area contributed by atoms with E-state index in [-0.39, 0.29) is 19.1 Å². The Morgan fingerprint density at radius 3 is 2.59 bits per heavy atom. The van der Waals surface area contributed by atoms with Crippen molar-refractivity contribution in [1.29, 1.82) is 0 Å². The molecule has 0 atom stereocenters. The number of benzene rings is 1. The monoisotopic (exact) mass is 414 g/mol. The molecule has 1 fully saturated rings. The zero-order chi connectivity index (χ0) is 21.3. The van der Waals surface area contributed by atoms with E-state index in [1.165, 1.54) is 17.7 Å². The molecule has 0 bridgehead atoms. The summed E-state index contributed by atoms with van der Waals surface area (Å²) in [5.41, 5.74) is 1.51. The van der Waals surface area contributed by atoms with Gasteiger partial charge in [0.05, 0.1) is 19.7 Å². The third kappa shape index (κ3) is 9.17. The van der Waals surface area contributed by atoms with Crippen LogP contribution in [0.25, 0.3) is 0 Å². The molecule has 9 heteroatoms. The maximum Gasteiger partial charge on any atom is 0.411 e. The van der Waals surface area contributed by atoms with Crippen LogP contribution in [0.2, 0.25) is 0 Å². The number of carbonyl (C=O) groups is 1. The Bertz CT molecular complexity index is 687. The van der Waals surface area contributed by atoms with Crippen molar-refractivity contribution in [3.8, 4) is 0 Å². The van der Waals surface area contributed by atoms with Crippen LogP contribution < -0.4 is 10.6 Å². The standard InChI is InChI=1S/C20H29F3N4O2/c1-27(2)18(28)12-25-19(26-17-8-3-4-9-17)24-11-15-6-5-7-16(10-15)13-29-14-20(21,22)23/h5-7,10,17H,3-4,8-9,11-14H2,1-2H3,(H2,24,25,26). The number of amides is 1. The second kappa shape index (κ2) is 11.0. The number of rotatable bonds is 8. The van der Waals surface area contributed by atoms with Crippen LogP contribution in [0.4, 0.5) is 13.2 Å². The summed E-state index contributed by atoms with van der Waals surface area (Å²) in [5.74, 6) is 0.501. The Morgan fingerprint density at radius 1 is 1.24 bits per heavy atom. The van der Waals surface area contributed by atoms with E-state index in [1.807, 2.05) is 6.07 Å². The van der Waals surface area contributed by atoms with E-state index in [9.17, 15) is 18.0 Å². The number of hydrogen-bond acceptors (Lipinski definition) is 3. The van der Waals surface area contributed by atoms with Gasteiger partial charge in [-0.2, -0.15) is 13.2 Å². The molecule has 1 saturated carbocycles. The molecule has 1 aliphatic carbocycles. The maximum absolute atomic E-state index is 12.2. The number of guanidine groups is 1. The highest BCUT2D eigenvalue weighted by atomic mass is 19.4. The summed E-state index contributed by atoms with van der Waals surface area (Å²) in [6.07, 6.45) is 0.129. The first-order chi connectivity index (χ1) is 13.7. The molecule has 1 aromatic rings. The number of carbonyl (C=O) groups excluding carboxylic acids is 1. The highest BCUT2D eigenvalue weighted by Gasteiger charge is 2.27. The fourth-order valence-corrected chi connectivity index (χ4v) is 3.01. The molecular weight excluding hydrogens is 385 g/mol. The maximum atomic E-state index is 12.2. The van der Waals surface area contributed by atoms with Crippen molar-refractivity contribution in [1.82, 2.24) is 15.5 Å². The van der Waals surface area contributed by atoms with Gasteiger partial charge in [0.25, 0.3) is 0 Å². The lowest BCUT2D eigenvalue weighted by Gasteiger charge is -2.18. The van der Waals surface area contributed by atoms with Crippen molar-refractivity contribution in [2.24, 2.45) is 4.99 Å². The second-order valence-electron chi connectivity index (χ2n) is 7.36. The highest BCUT2D eigenvalue weighted by molar-refractivity contribution is 5.86. The normalized spacial score (nSPS) is 15.4. The lowest BCUT2D eigenvalue weighted by Crippen LogP contribution is -2.46. The van der Waals surface area contributed by atoms with Crippen LogP contribution in [-0.2, 0) is 22.7 Å². The zero-order valence-electron chi connectivity index (χ0n) is 16.9. The van der Waals surface area contributed by atoms with Gasteiger partial charge in [0.2, 0.25) is 5.91 Å². The summed E-state index contributed by atoms with van der Waals surface area (Å²) in [4.78, 5) is 17.9. The molecule has 0 radical (unpaired) electrons. The molecule has 0 aliphatic heterocycles. The number of alkyl halides is 3. The molecule has 1 amide bonds. The van der Waals surface area contributed by atoms with Crippen LogP contribution >= 0.6 is 0 Å². The molecule has 162 valence electrons. The third-order valence-corrected chi connectivity index (χ3v) is 4.55. The molecule has 29 heavy (non-hydrogen) atoms. The molecule has 0 saturated heterocycles. The van der Waals surface area contributed by atoms with Gasteiger partial charge in [-0.05, 0) is 24.0 Å². The van der Waals surface area contributed by atoms with Crippen molar-refractivity contribution < 1.29 is 22.7 Å². The minimum Gasteiger partial charge on any atom is -0.367 e. The summed E-state index contributed by atoms with van der Waals surface area (Å²) in [7, 11) is 3.38. The van der Waals surface area contributed by atoms with Crippen molar-refractivity contribution in [3.05, 3.63) is 35.4 Å². The summed E-state index contributed by atoms with van der Waals surface area (Å²) < 4.78 is 41.3. The molecule has 0 unspecified atom stereocenters. The Balaban J connectivity index is 1.96. The van der Waals surface area contributed by atoms with Gasteiger partial charge in [0.15, 0.2) is 5.96 Å². The van der Waals surface area contributed by atoms with Gasteiger partial charge in [-0.15, -0.1) is 0 Å². The fourth-order valence-electron chi connectivity index (χ4n) is 3.01. The van der Waals surface area contributed by atoms with E-state index >= 15 is 0 Å². The van der Waals surface area contributed by atoms with Gasteiger partial charge < -0.3 is 20.3 Å². The number of likely N-dealkylation sites (N-methyl/N-ethyl adjacent to an activating group) is 1. The topological polar surface area (TPSA) is 66.0 Å². The highest BCUT2D eigenvalue weighted by Crippen LogP contribution is 2.18. The first kappa shape index (κ1) is 23.0. The molecule has 1 aromatic carbocycles. The quantitative estimate of drug-likeness (QED) is 0.507. The lowest BCUT2D eigenvalue weighted by atomic mass is 10.1. The first-order valence-electron chi connectivity index (χ1n) is 9.70. The van der Waals surface area contributed by atoms with E-state index in [0.29, 0.717) is 24.1 Å². The van der Waals surface area contributed by atoms with Crippen LogP contribution in [-0.4, -0.2) is 56.2 Å². The van der Waals surface area contributed by atoms with E-state index in [1.54, 1.807) is 32.3 Å². The van der Waals surface area contributed by atoms with E-state index in [0.717, 1.165) is 18.4 Å². The van der Waals surface area contributed by atoms with E-state index < -0.39 is 12.8 Å². The van der Waals surface area contributed by atoms with Crippen molar-refractivity contribution in [3.63, 3.8) is 0 Å². The molecule has 2 rings (SSSR count). The lowest BCUT2D eigenvalue weighted by molar-refractivity contribution is -0.176. The number of aliphatic imine (C=N–C) groups is 1. The summed E-state index contributed by atoms with van der Waals surface area (Å²) >= 11 is 0. The molecule has 6 nitrogen and oxygen atoms in total. The summed E-state index contributed by atoms with van der Waals surface area (Å²) in [6.45, 7) is -0.906. The molecule has 2 N–H and O–H groups in total. The average molecular weight is 414 g/mol. The predicted molar refractivity (Wildman–Crippen MR) is 105 cm³/mol. The molecule has 0 aromatic heterocycles. The molecule has 0 spiro atoms. The number of halogens is 3. The SMILES string of the molecule is CN(C)C(=O)CNC(=NCc1cccc(COCC(F)(F)F)c1)NC1CCCC1. The molecular formula is C20H29F3N4O2. The van der Waals surface area contributed by atoms with Crippen LogP contribution in [0.3, 0.4) is 0 Å². The van der Waals surface area contributed by atoms with E-state index in [4.69, 9.17) is 4.74 Å². The Hall–Kier alpha value is -2.29. The van der Waals surface area contributed by atoms with Gasteiger partial charge in [-0.25, -0.2) is 4.99 Å². The minimum absolute atomic E-state index is 0.0604. The van der Waals surface area contributed by atoms with Gasteiger partial charge in [-0.3, -0.25) is 4.79 Å². The Kier molecular flexibility index (Phi) is 8.75. The number of ether oxygens (including phenoxy) is 1. The Labute approximate surface area is 169 Å². The Morgan fingerprint density at radius 2 is 1.93 bits per heavy atom. The first-order valence-corrected chi connectivity index (χ1v) is 9.70. The van der Waals surface area contributed by atoms with Crippen molar-refractivity contribution >= 4 is 11.9 Å². The van der Waals surface area contributed by atoms with Crippen molar-refractivity contribution in [2.45, 2.75) is 51.1 Å². The zero-order valence-corrected chi connectivity index (χ0v) is 16.9. The third-order valence-electron chi connectivity index (χ3n) is 4.55. The fraction of sp³-hybridized carbons (Fsp3) is 0.600. The molecule has 1 aliphatic rings. The van der Waals surface area contributed by atoms with Crippen LogP contribution in [0.1, 0.15) is 36.8 Å².